The molecule has 0 fully saturated rings. The highest BCUT2D eigenvalue weighted by atomic mass is 16.5. The van der Waals surface area contributed by atoms with Gasteiger partial charge in [-0.05, 0) is 54.3 Å². The number of fused-ring (bicyclic) bond motifs is 1. The van der Waals surface area contributed by atoms with Crippen LogP contribution in [0.15, 0.2) is 96.7 Å². The van der Waals surface area contributed by atoms with Crippen molar-refractivity contribution in [2.75, 3.05) is 19.0 Å². The zero-order valence-corrected chi connectivity index (χ0v) is 19.6. The number of rotatable bonds is 8. The van der Waals surface area contributed by atoms with Crippen molar-refractivity contribution in [2.45, 2.75) is 6.92 Å². The summed E-state index contributed by atoms with van der Waals surface area (Å²) in [5, 5.41) is 7.62. The summed E-state index contributed by atoms with van der Waals surface area (Å²) in [7, 11) is 1.57. The van der Waals surface area contributed by atoms with Crippen LogP contribution >= 0.6 is 0 Å². The van der Waals surface area contributed by atoms with Crippen molar-refractivity contribution in [1.82, 2.24) is 5.32 Å². The average molecular weight is 467 g/mol. The van der Waals surface area contributed by atoms with Gasteiger partial charge in [0, 0.05) is 16.6 Å². The fraction of sp³-hybridized carbons (Fsp3) is 0.103. The van der Waals surface area contributed by atoms with E-state index in [-0.39, 0.29) is 11.6 Å². The zero-order chi connectivity index (χ0) is 24.6. The number of carbonyl (C=O) groups excluding carboxylic acids is 2. The van der Waals surface area contributed by atoms with Gasteiger partial charge in [0.2, 0.25) is 0 Å². The lowest BCUT2D eigenvalue weighted by molar-refractivity contribution is -0.113. The highest BCUT2D eigenvalue weighted by Gasteiger charge is 2.16. The Kier molecular flexibility index (Phi) is 7.43. The monoisotopic (exact) mass is 466 g/mol. The van der Waals surface area contributed by atoms with E-state index in [1.807, 2.05) is 55.5 Å². The molecule has 6 nitrogen and oxygen atoms in total. The first-order chi connectivity index (χ1) is 17.1. The molecule has 0 saturated carbocycles. The molecule has 0 heterocycles. The first-order valence-electron chi connectivity index (χ1n) is 11.3. The molecule has 0 radical (unpaired) electrons. The Balaban J connectivity index is 1.70. The molecule has 4 rings (SSSR count). The van der Waals surface area contributed by atoms with Gasteiger partial charge in [0.05, 0.1) is 13.7 Å². The van der Waals surface area contributed by atoms with Gasteiger partial charge in [-0.2, -0.15) is 0 Å². The summed E-state index contributed by atoms with van der Waals surface area (Å²) in [5.74, 6) is 0.300. The minimum atomic E-state index is -0.445. The van der Waals surface area contributed by atoms with Crippen molar-refractivity contribution in [3.05, 3.63) is 108 Å². The summed E-state index contributed by atoms with van der Waals surface area (Å²) in [4.78, 5) is 26.3. The molecule has 4 aromatic rings. The van der Waals surface area contributed by atoms with Gasteiger partial charge in [-0.3, -0.25) is 9.59 Å². The lowest BCUT2D eigenvalue weighted by Gasteiger charge is -2.14. The van der Waals surface area contributed by atoms with E-state index in [2.05, 4.69) is 10.6 Å². The van der Waals surface area contributed by atoms with Crippen molar-refractivity contribution in [3.8, 4) is 11.5 Å². The van der Waals surface area contributed by atoms with Gasteiger partial charge < -0.3 is 20.1 Å². The zero-order valence-electron chi connectivity index (χ0n) is 19.6. The Hall–Kier alpha value is -4.58. The van der Waals surface area contributed by atoms with Crippen molar-refractivity contribution in [1.29, 1.82) is 0 Å². The number of amides is 2. The molecule has 4 aromatic carbocycles. The van der Waals surface area contributed by atoms with E-state index in [0.717, 1.165) is 10.8 Å². The number of anilines is 1. The molecule has 0 aliphatic carbocycles. The lowest BCUT2D eigenvalue weighted by atomic mass is 10.1. The summed E-state index contributed by atoms with van der Waals surface area (Å²) in [6, 6.07) is 27.5. The van der Waals surface area contributed by atoms with Crippen LogP contribution < -0.4 is 20.1 Å². The molecule has 0 aromatic heterocycles. The molecule has 0 unspecified atom stereocenters. The molecule has 35 heavy (non-hydrogen) atoms. The van der Waals surface area contributed by atoms with E-state index in [4.69, 9.17) is 9.47 Å². The van der Waals surface area contributed by atoms with E-state index in [1.165, 1.54) is 0 Å². The van der Waals surface area contributed by atoms with Crippen molar-refractivity contribution in [3.63, 3.8) is 0 Å². The predicted molar refractivity (Wildman–Crippen MR) is 139 cm³/mol. The maximum atomic E-state index is 13.4. The fourth-order valence-corrected chi connectivity index (χ4v) is 3.68. The van der Waals surface area contributed by atoms with Gasteiger partial charge in [0.1, 0.15) is 5.70 Å². The normalized spacial score (nSPS) is 11.1. The topological polar surface area (TPSA) is 76.7 Å². The van der Waals surface area contributed by atoms with Gasteiger partial charge in [-0.15, -0.1) is 0 Å². The minimum absolute atomic E-state index is 0.0967. The number of hydrogen-bond acceptors (Lipinski definition) is 4. The second kappa shape index (κ2) is 11.0. The molecule has 0 aliphatic heterocycles. The van der Waals surface area contributed by atoms with Crippen LogP contribution in [0.2, 0.25) is 0 Å². The molecule has 0 aliphatic rings. The summed E-state index contributed by atoms with van der Waals surface area (Å²) in [5.41, 5.74) is 1.86. The molecular formula is C29H26N2O4. The van der Waals surface area contributed by atoms with Crippen LogP contribution in [0.1, 0.15) is 22.8 Å². The van der Waals surface area contributed by atoms with E-state index >= 15 is 0 Å². The molecule has 0 spiro atoms. The van der Waals surface area contributed by atoms with Crippen molar-refractivity contribution in [2.24, 2.45) is 0 Å². The summed E-state index contributed by atoms with van der Waals surface area (Å²) in [6.45, 7) is 2.34. The van der Waals surface area contributed by atoms with Gasteiger partial charge >= 0.3 is 0 Å². The van der Waals surface area contributed by atoms with Gasteiger partial charge in [0.15, 0.2) is 11.5 Å². The van der Waals surface area contributed by atoms with Crippen molar-refractivity contribution < 1.29 is 19.1 Å². The second-order valence-electron chi connectivity index (χ2n) is 7.70. The average Bonchev–Trinajstić information content (AvgIpc) is 2.89. The maximum Gasteiger partial charge on any atom is 0.272 e. The van der Waals surface area contributed by atoms with Gasteiger partial charge in [-0.25, -0.2) is 0 Å². The number of hydrogen-bond donors (Lipinski definition) is 2. The van der Waals surface area contributed by atoms with Crippen molar-refractivity contribution >= 4 is 34.4 Å². The Morgan fingerprint density at radius 3 is 2.37 bits per heavy atom. The van der Waals surface area contributed by atoms with E-state index < -0.39 is 5.91 Å². The Morgan fingerprint density at radius 2 is 1.60 bits per heavy atom. The SMILES string of the molecule is CCOc1cc(C=C(NC(=O)c2ccccc2)C(=O)Nc2cccc3ccccc23)ccc1OC. The molecule has 0 bridgehead atoms. The fourth-order valence-electron chi connectivity index (χ4n) is 3.68. The Labute approximate surface area is 204 Å². The van der Waals surface area contributed by atoms with Gasteiger partial charge in [0.25, 0.3) is 11.8 Å². The van der Waals surface area contributed by atoms with Crippen LogP contribution in [0, 0.1) is 0 Å². The van der Waals surface area contributed by atoms with E-state index in [0.29, 0.717) is 34.9 Å². The van der Waals surface area contributed by atoms with Crippen LogP contribution in [-0.4, -0.2) is 25.5 Å². The largest absolute Gasteiger partial charge is 0.493 e. The maximum absolute atomic E-state index is 13.4. The Bertz CT molecular complexity index is 1370. The van der Waals surface area contributed by atoms with E-state index in [1.54, 1.807) is 55.7 Å². The van der Waals surface area contributed by atoms with Crippen LogP contribution in [-0.2, 0) is 4.79 Å². The highest BCUT2D eigenvalue weighted by Crippen LogP contribution is 2.29. The number of carbonyl (C=O) groups is 2. The number of benzene rings is 4. The molecule has 2 N–H and O–H groups in total. The number of ether oxygens (including phenoxy) is 2. The number of nitrogens with one attached hydrogen (secondary N) is 2. The van der Waals surface area contributed by atoms with E-state index in [9.17, 15) is 9.59 Å². The van der Waals surface area contributed by atoms with Crippen LogP contribution in [0.3, 0.4) is 0 Å². The summed E-state index contributed by atoms with van der Waals surface area (Å²) >= 11 is 0. The molecule has 176 valence electrons. The van der Waals surface area contributed by atoms with Crippen LogP contribution in [0.5, 0.6) is 11.5 Å². The molecule has 2 amide bonds. The van der Waals surface area contributed by atoms with Crippen LogP contribution in [0.25, 0.3) is 16.8 Å². The molecule has 0 saturated heterocycles. The molecule has 0 atom stereocenters. The molecular weight excluding hydrogens is 440 g/mol. The third-order valence-electron chi connectivity index (χ3n) is 5.37. The minimum Gasteiger partial charge on any atom is -0.493 e. The highest BCUT2D eigenvalue weighted by molar-refractivity contribution is 6.13. The molecule has 6 heteroatoms. The summed E-state index contributed by atoms with van der Waals surface area (Å²) < 4.78 is 11.0. The number of methoxy groups -OCH3 is 1. The first-order valence-corrected chi connectivity index (χ1v) is 11.3. The van der Waals surface area contributed by atoms with Gasteiger partial charge in [-0.1, -0.05) is 60.7 Å². The third-order valence-corrected chi connectivity index (χ3v) is 5.37. The second-order valence-corrected chi connectivity index (χ2v) is 7.70. The smallest absolute Gasteiger partial charge is 0.272 e. The lowest BCUT2D eigenvalue weighted by Crippen LogP contribution is -2.30. The predicted octanol–water partition coefficient (Wildman–Crippen LogP) is 5.66. The van der Waals surface area contributed by atoms with Crippen LogP contribution in [0.4, 0.5) is 5.69 Å². The quantitative estimate of drug-likeness (QED) is 0.329. The standard InChI is InChI=1S/C29H26N2O4/c1-3-35-27-19-20(16-17-26(27)34-2)18-25(31-28(32)22-11-5-4-6-12-22)29(33)30-24-15-9-13-21-10-7-8-14-23(21)24/h4-19H,3H2,1-2H3,(H,30,33)(H,31,32). The summed E-state index contributed by atoms with van der Waals surface area (Å²) in [6.07, 6.45) is 1.61. The third kappa shape index (κ3) is 5.68. The first kappa shape index (κ1) is 23.6. The Morgan fingerprint density at radius 1 is 0.857 bits per heavy atom.